The van der Waals surface area contributed by atoms with Crippen molar-refractivity contribution in [2.45, 2.75) is 106 Å². The van der Waals surface area contributed by atoms with Crippen LogP contribution in [0.1, 0.15) is 96.3 Å². The Kier molecular flexibility index (Phi) is 10.5. The number of thioether (sulfide) groups is 1. The van der Waals surface area contributed by atoms with Crippen molar-refractivity contribution in [3.05, 3.63) is 24.3 Å². The van der Waals surface area contributed by atoms with E-state index in [1.54, 1.807) is 0 Å². The van der Waals surface area contributed by atoms with Crippen LogP contribution in [0.4, 0.5) is 5.69 Å². The summed E-state index contributed by atoms with van der Waals surface area (Å²) in [7, 11) is 0. The molecule has 0 bridgehead atoms. The van der Waals surface area contributed by atoms with E-state index in [1.165, 1.54) is 100 Å². The van der Waals surface area contributed by atoms with Crippen LogP contribution in [0.3, 0.4) is 0 Å². The number of carbonyl (C=O) groups excluding carboxylic acids is 1. The Hall–Kier alpha value is -0.960. The fourth-order valence-electron chi connectivity index (χ4n) is 4.93. The highest BCUT2D eigenvalue weighted by atomic mass is 32.2. The normalized spacial score (nSPS) is 25.5. The highest BCUT2D eigenvalue weighted by Crippen LogP contribution is 2.34. The molecule has 3 heteroatoms. The van der Waals surface area contributed by atoms with Crippen molar-refractivity contribution in [2.75, 3.05) is 11.9 Å². The molecule has 0 heterocycles. The topological polar surface area (TPSA) is 29.1 Å². The second-order valence-corrected chi connectivity index (χ2v) is 10.7. The lowest BCUT2D eigenvalue weighted by Gasteiger charge is -2.22. The first kappa shape index (κ1) is 22.7. The van der Waals surface area contributed by atoms with Gasteiger partial charge < -0.3 is 10.1 Å². The lowest BCUT2D eigenvalue weighted by atomic mass is 9.92. The molecule has 2 atom stereocenters. The molecule has 2 fully saturated rings. The van der Waals surface area contributed by atoms with E-state index in [2.05, 4.69) is 29.6 Å². The minimum Gasteiger partial charge on any atom is -0.385 e. The molecular formula is C26H41NOS. The Bertz CT molecular complexity index is 563. The third-order valence-corrected chi connectivity index (χ3v) is 8.23. The zero-order chi connectivity index (χ0) is 20.2. The molecular weight excluding hydrogens is 374 g/mol. The van der Waals surface area contributed by atoms with Gasteiger partial charge in [0.25, 0.3) is 0 Å². The predicted octanol–water partition coefficient (Wildman–Crippen LogP) is 7.87. The van der Waals surface area contributed by atoms with E-state index in [0.717, 1.165) is 25.3 Å². The molecule has 0 spiro atoms. The minimum atomic E-state index is 0.298. The second-order valence-electron chi connectivity index (χ2n) is 9.32. The first-order chi connectivity index (χ1) is 14.3. The molecule has 2 nitrogen and oxygen atoms in total. The fraction of sp³-hybridized carbons (Fsp3) is 0.731. The number of nitrogens with one attached hydrogen (secondary N) is 1. The van der Waals surface area contributed by atoms with Gasteiger partial charge >= 0.3 is 0 Å². The summed E-state index contributed by atoms with van der Waals surface area (Å²) < 4.78 is 0. The molecule has 0 saturated heterocycles. The predicted molar refractivity (Wildman–Crippen MR) is 127 cm³/mol. The van der Waals surface area contributed by atoms with Crippen molar-refractivity contribution in [3.8, 4) is 0 Å². The molecule has 2 aliphatic rings. The smallest absolute Gasteiger partial charge is 0.123 e. The third-order valence-electron chi connectivity index (χ3n) is 6.88. The maximum absolute atomic E-state index is 11.2. The lowest BCUT2D eigenvalue weighted by molar-refractivity contribution is -0.111. The Morgan fingerprint density at radius 2 is 1.38 bits per heavy atom. The van der Waals surface area contributed by atoms with Gasteiger partial charge in [-0.1, -0.05) is 57.8 Å². The van der Waals surface area contributed by atoms with Gasteiger partial charge in [0.1, 0.15) is 6.29 Å². The van der Waals surface area contributed by atoms with Gasteiger partial charge in [-0.05, 0) is 68.7 Å². The van der Waals surface area contributed by atoms with Gasteiger partial charge in [-0.25, -0.2) is 0 Å². The monoisotopic (exact) mass is 415 g/mol. The zero-order valence-corrected chi connectivity index (χ0v) is 19.1. The third kappa shape index (κ3) is 8.74. The number of anilines is 1. The van der Waals surface area contributed by atoms with Crippen molar-refractivity contribution < 1.29 is 4.79 Å². The Balaban J connectivity index is 1.43. The van der Waals surface area contributed by atoms with Crippen LogP contribution in [0, 0.1) is 11.8 Å². The largest absolute Gasteiger partial charge is 0.385 e. The maximum atomic E-state index is 11.2. The first-order valence-corrected chi connectivity index (χ1v) is 13.2. The molecule has 1 aromatic rings. The van der Waals surface area contributed by atoms with Crippen molar-refractivity contribution in [2.24, 2.45) is 11.8 Å². The van der Waals surface area contributed by atoms with Crippen LogP contribution in [-0.4, -0.2) is 18.1 Å². The van der Waals surface area contributed by atoms with Crippen LogP contribution in [0.15, 0.2) is 29.2 Å². The molecule has 29 heavy (non-hydrogen) atoms. The Morgan fingerprint density at radius 3 is 2.07 bits per heavy atom. The van der Waals surface area contributed by atoms with Crippen LogP contribution in [0.25, 0.3) is 0 Å². The van der Waals surface area contributed by atoms with E-state index >= 15 is 0 Å². The summed E-state index contributed by atoms with van der Waals surface area (Å²) >= 11 is 2.02. The van der Waals surface area contributed by atoms with Crippen molar-refractivity contribution in [3.63, 3.8) is 0 Å². The molecule has 0 aromatic heterocycles. The molecule has 0 amide bonds. The van der Waals surface area contributed by atoms with E-state index in [4.69, 9.17) is 0 Å². The quantitative estimate of drug-likeness (QED) is 0.479. The summed E-state index contributed by atoms with van der Waals surface area (Å²) in [4.78, 5) is 12.5. The summed E-state index contributed by atoms with van der Waals surface area (Å²) in [5.41, 5.74) is 1.27. The van der Waals surface area contributed by atoms with E-state index in [1.807, 2.05) is 11.8 Å². The minimum absolute atomic E-state index is 0.298. The van der Waals surface area contributed by atoms with E-state index in [9.17, 15) is 4.79 Å². The van der Waals surface area contributed by atoms with E-state index in [0.29, 0.717) is 11.2 Å². The summed E-state index contributed by atoms with van der Waals surface area (Å²) in [5.74, 6) is 1.13. The standard InChI is InChI=1S/C26H41NOS/c28-21-23-12-8-9-13-25(17-14-23)29-26-18-15-24(16-19-26)27-20-22-10-6-4-2-1-3-5-7-11-22/h15-16,18-19,21-23,25,27H,1-14,17,20H2. The number of benzene rings is 1. The Labute approximate surface area is 183 Å². The summed E-state index contributed by atoms with van der Waals surface area (Å²) in [6.07, 6.45) is 21.1. The van der Waals surface area contributed by atoms with Crippen LogP contribution in [-0.2, 0) is 4.79 Å². The summed E-state index contributed by atoms with van der Waals surface area (Å²) in [5, 5.41) is 4.38. The van der Waals surface area contributed by atoms with Crippen molar-refractivity contribution in [1.82, 2.24) is 0 Å². The molecule has 2 unspecified atom stereocenters. The number of carbonyl (C=O) groups is 1. The van der Waals surface area contributed by atoms with Gasteiger partial charge in [0, 0.05) is 28.3 Å². The highest BCUT2D eigenvalue weighted by molar-refractivity contribution is 8.00. The van der Waals surface area contributed by atoms with Crippen LogP contribution in [0.5, 0.6) is 0 Å². The molecule has 162 valence electrons. The van der Waals surface area contributed by atoms with Gasteiger partial charge in [-0.3, -0.25) is 0 Å². The zero-order valence-electron chi connectivity index (χ0n) is 18.2. The average Bonchev–Trinajstić information content (AvgIpc) is 2.74. The summed E-state index contributed by atoms with van der Waals surface area (Å²) in [6, 6.07) is 9.10. The number of hydrogen-bond acceptors (Lipinski definition) is 3. The lowest BCUT2D eigenvalue weighted by Crippen LogP contribution is -2.15. The average molecular weight is 416 g/mol. The Morgan fingerprint density at radius 1 is 0.759 bits per heavy atom. The van der Waals surface area contributed by atoms with Gasteiger partial charge in [0.05, 0.1) is 0 Å². The van der Waals surface area contributed by atoms with Gasteiger partial charge in [-0.15, -0.1) is 11.8 Å². The van der Waals surface area contributed by atoms with E-state index < -0.39 is 0 Å². The van der Waals surface area contributed by atoms with Gasteiger partial charge in [0.15, 0.2) is 0 Å². The molecule has 1 N–H and O–H groups in total. The SMILES string of the molecule is O=CC1CCCCC(Sc2ccc(NCC3CCCCCCCCC3)cc2)CC1. The van der Waals surface area contributed by atoms with Gasteiger partial charge in [-0.2, -0.15) is 0 Å². The number of rotatable bonds is 6. The summed E-state index contributed by atoms with van der Waals surface area (Å²) in [6.45, 7) is 1.13. The molecule has 1 aromatic carbocycles. The van der Waals surface area contributed by atoms with Crippen LogP contribution >= 0.6 is 11.8 Å². The molecule has 0 radical (unpaired) electrons. The van der Waals surface area contributed by atoms with Crippen molar-refractivity contribution >= 4 is 23.7 Å². The van der Waals surface area contributed by atoms with Crippen LogP contribution in [0.2, 0.25) is 0 Å². The van der Waals surface area contributed by atoms with E-state index in [-0.39, 0.29) is 0 Å². The number of aldehydes is 1. The maximum Gasteiger partial charge on any atom is 0.123 e. The molecule has 2 aliphatic carbocycles. The first-order valence-electron chi connectivity index (χ1n) is 12.3. The molecule has 3 rings (SSSR count). The van der Waals surface area contributed by atoms with Gasteiger partial charge in [0.2, 0.25) is 0 Å². The fourth-order valence-corrected chi connectivity index (χ4v) is 6.14. The van der Waals surface area contributed by atoms with Crippen molar-refractivity contribution in [1.29, 1.82) is 0 Å². The molecule has 2 saturated carbocycles. The molecule has 0 aliphatic heterocycles. The second kappa shape index (κ2) is 13.4. The highest BCUT2D eigenvalue weighted by Gasteiger charge is 2.18. The van der Waals surface area contributed by atoms with Crippen LogP contribution < -0.4 is 5.32 Å². The number of hydrogen-bond donors (Lipinski definition) is 1.